The van der Waals surface area contributed by atoms with E-state index in [2.05, 4.69) is 16.0 Å². The van der Waals surface area contributed by atoms with Gasteiger partial charge in [0, 0.05) is 31.6 Å². The quantitative estimate of drug-likeness (QED) is 0.403. The first-order valence-electron chi connectivity index (χ1n) is 12.0. The first-order valence-corrected chi connectivity index (χ1v) is 12.0. The molecular weight excluding hydrogens is 462 g/mol. The van der Waals surface area contributed by atoms with Crippen molar-refractivity contribution in [1.29, 1.82) is 0 Å². The number of hydrogen-bond acceptors (Lipinski definition) is 6. The maximum atomic E-state index is 12.5. The van der Waals surface area contributed by atoms with Crippen LogP contribution in [0.1, 0.15) is 51.7 Å². The Hall–Kier alpha value is -3.75. The van der Waals surface area contributed by atoms with E-state index in [9.17, 15) is 14.4 Å². The molecule has 0 fully saturated rings. The molecule has 0 atom stereocenters. The lowest BCUT2D eigenvalue weighted by atomic mass is 10.1. The summed E-state index contributed by atoms with van der Waals surface area (Å²) >= 11 is 0. The van der Waals surface area contributed by atoms with E-state index < -0.39 is 11.7 Å². The Balaban J connectivity index is 1.77. The average molecular weight is 500 g/mol. The van der Waals surface area contributed by atoms with Crippen LogP contribution in [0.5, 0.6) is 11.5 Å². The van der Waals surface area contributed by atoms with Crippen LogP contribution >= 0.6 is 0 Å². The largest absolute Gasteiger partial charge is 0.493 e. The van der Waals surface area contributed by atoms with E-state index in [0.29, 0.717) is 43.2 Å². The number of benzene rings is 2. The van der Waals surface area contributed by atoms with E-state index in [0.717, 1.165) is 11.1 Å². The van der Waals surface area contributed by atoms with Crippen molar-refractivity contribution in [2.45, 2.75) is 59.1 Å². The Kier molecular flexibility index (Phi) is 11.1. The molecular formula is C27H37N3O6. The zero-order valence-electron chi connectivity index (χ0n) is 21.7. The van der Waals surface area contributed by atoms with E-state index in [1.165, 1.54) is 0 Å². The number of aryl methyl sites for hydroxylation is 1. The number of carbonyl (C=O) groups is 3. The summed E-state index contributed by atoms with van der Waals surface area (Å²) in [5, 5.41) is 8.26. The molecule has 0 heterocycles. The second-order valence-corrected chi connectivity index (χ2v) is 9.12. The number of carbonyl (C=O) groups excluding carboxylic acids is 3. The number of alkyl carbamates (subject to hydrolysis) is 1. The van der Waals surface area contributed by atoms with Gasteiger partial charge in [-0.3, -0.25) is 9.59 Å². The molecule has 0 saturated heterocycles. The Bertz CT molecular complexity index is 1030. The summed E-state index contributed by atoms with van der Waals surface area (Å²) in [5.74, 6) is 1.00. The van der Waals surface area contributed by atoms with Crippen molar-refractivity contribution < 1.29 is 28.6 Å². The highest BCUT2D eigenvalue weighted by Crippen LogP contribution is 2.28. The first kappa shape index (κ1) is 28.5. The molecule has 2 aromatic carbocycles. The van der Waals surface area contributed by atoms with Crippen LogP contribution in [-0.2, 0) is 27.3 Å². The minimum atomic E-state index is -0.588. The minimum Gasteiger partial charge on any atom is -0.493 e. The van der Waals surface area contributed by atoms with Gasteiger partial charge >= 0.3 is 6.09 Å². The van der Waals surface area contributed by atoms with Gasteiger partial charge in [0.1, 0.15) is 5.60 Å². The number of anilines is 1. The number of ether oxygens (including phenoxy) is 3. The van der Waals surface area contributed by atoms with Crippen LogP contribution in [0.15, 0.2) is 42.5 Å². The zero-order chi connectivity index (χ0) is 26.6. The van der Waals surface area contributed by atoms with Gasteiger partial charge in [0.15, 0.2) is 11.5 Å². The standard InChI is InChI=1S/C27H37N3O6/c1-6-35-22-12-10-19(17-23(22)34-5)11-13-25(32)30-21-9-7-8-20(16-21)18-29-24(31)14-15-28-26(33)36-27(2,3)4/h7-10,12,16-17H,6,11,13-15,18H2,1-5H3,(H,28,33)(H,29,31)(H,30,32). The van der Waals surface area contributed by atoms with Crippen LogP contribution in [0.3, 0.4) is 0 Å². The molecule has 0 aliphatic carbocycles. The van der Waals surface area contributed by atoms with Crippen molar-refractivity contribution in [3.8, 4) is 11.5 Å². The van der Waals surface area contributed by atoms with E-state index in [1.54, 1.807) is 33.9 Å². The topological polar surface area (TPSA) is 115 Å². The SMILES string of the molecule is CCOc1ccc(CCC(=O)Nc2cccc(CNC(=O)CCNC(=O)OC(C)(C)C)c2)cc1OC. The molecule has 3 amide bonds. The summed E-state index contributed by atoms with van der Waals surface area (Å²) in [6.07, 6.45) is 0.441. The van der Waals surface area contributed by atoms with Crippen LogP contribution in [0.25, 0.3) is 0 Å². The molecule has 0 unspecified atom stereocenters. The minimum absolute atomic E-state index is 0.114. The predicted molar refractivity (Wildman–Crippen MR) is 138 cm³/mol. The first-order chi connectivity index (χ1) is 17.1. The molecule has 2 rings (SSSR count). The van der Waals surface area contributed by atoms with Gasteiger partial charge in [-0.2, -0.15) is 0 Å². The van der Waals surface area contributed by atoms with E-state index in [1.807, 2.05) is 43.3 Å². The van der Waals surface area contributed by atoms with Crippen molar-refractivity contribution in [2.75, 3.05) is 25.6 Å². The molecule has 0 aromatic heterocycles. The van der Waals surface area contributed by atoms with E-state index in [-0.39, 0.29) is 24.8 Å². The van der Waals surface area contributed by atoms with Gasteiger partial charge in [0.25, 0.3) is 0 Å². The van der Waals surface area contributed by atoms with Crippen molar-refractivity contribution in [1.82, 2.24) is 10.6 Å². The molecule has 36 heavy (non-hydrogen) atoms. The molecule has 9 heteroatoms. The monoisotopic (exact) mass is 499 g/mol. The molecule has 3 N–H and O–H groups in total. The highest BCUT2D eigenvalue weighted by Gasteiger charge is 2.16. The normalized spacial score (nSPS) is 10.8. The lowest BCUT2D eigenvalue weighted by Gasteiger charge is -2.19. The lowest BCUT2D eigenvalue weighted by Crippen LogP contribution is -2.35. The van der Waals surface area contributed by atoms with Crippen molar-refractivity contribution >= 4 is 23.6 Å². The van der Waals surface area contributed by atoms with Gasteiger partial charge < -0.3 is 30.2 Å². The van der Waals surface area contributed by atoms with Crippen LogP contribution < -0.4 is 25.4 Å². The smallest absolute Gasteiger partial charge is 0.407 e. The molecule has 0 bridgehead atoms. The highest BCUT2D eigenvalue weighted by molar-refractivity contribution is 5.91. The fourth-order valence-corrected chi connectivity index (χ4v) is 3.26. The third kappa shape index (κ3) is 10.7. The molecule has 196 valence electrons. The summed E-state index contributed by atoms with van der Waals surface area (Å²) in [6, 6.07) is 12.9. The third-order valence-corrected chi connectivity index (χ3v) is 4.89. The van der Waals surface area contributed by atoms with Gasteiger partial charge in [-0.15, -0.1) is 0 Å². The lowest BCUT2D eigenvalue weighted by molar-refractivity contribution is -0.121. The Labute approximate surface area is 212 Å². The second kappa shape index (κ2) is 14.0. The number of amides is 3. The summed E-state index contributed by atoms with van der Waals surface area (Å²) < 4.78 is 16.0. The van der Waals surface area contributed by atoms with Gasteiger partial charge in [0.05, 0.1) is 13.7 Å². The number of methoxy groups -OCH3 is 1. The Morgan fingerprint density at radius 2 is 1.67 bits per heavy atom. The maximum Gasteiger partial charge on any atom is 0.407 e. The maximum absolute atomic E-state index is 12.5. The van der Waals surface area contributed by atoms with Gasteiger partial charge in [0.2, 0.25) is 11.8 Å². The molecule has 0 radical (unpaired) electrons. The Morgan fingerprint density at radius 3 is 2.36 bits per heavy atom. The van der Waals surface area contributed by atoms with Crippen molar-refractivity contribution in [3.05, 3.63) is 53.6 Å². The van der Waals surface area contributed by atoms with Gasteiger partial charge in [-0.25, -0.2) is 4.79 Å². The molecule has 9 nitrogen and oxygen atoms in total. The summed E-state index contributed by atoms with van der Waals surface area (Å²) in [6.45, 7) is 8.26. The van der Waals surface area contributed by atoms with Crippen molar-refractivity contribution in [3.63, 3.8) is 0 Å². The predicted octanol–water partition coefficient (Wildman–Crippen LogP) is 4.20. The summed E-state index contributed by atoms with van der Waals surface area (Å²) in [5.41, 5.74) is 1.89. The second-order valence-electron chi connectivity index (χ2n) is 9.12. The third-order valence-electron chi connectivity index (χ3n) is 4.89. The molecule has 0 saturated carbocycles. The molecule has 2 aromatic rings. The van der Waals surface area contributed by atoms with E-state index >= 15 is 0 Å². The van der Waals surface area contributed by atoms with Crippen molar-refractivity contribution in [2.24, 2.45) is 0 Å². The number of nitrogens with one attached hydrogen (secondary N) is 3. The average Bonchev–Trinajstić information content (AvgIpc) is 2.81. The highest BCUT2D eigenvalue weighted by atomic mass is 16.6. The van der Waals surface area contributed by atoms with Crippen LogP contribution in [0, 0.1) is 0 Å². The van der Waals surface area contributed by atoms with Gasteiger partial charge in [-0.1, -0.05) is 18.2 Å². The summed E-state index contributed by atoms with van der Waals surface area (Å²) in [7, 11) is 1.59. The summed E-state index contributed by atoms with van der Waals surface area (Å²) in [4.78, 5) is 36.2. The number of rotatable bonds is 12. The molecule has 0 aliphatic heterocycles. The van der Waals surface area contributed by atoms with Crippen LogP contribution in [-0.4, -0.2) is 43.8 Å². The molecule has 0 spiro atoms. The van der Waals surface area contributed by atoms with E-state index in [4.69, 9.17) is 14.2 Å². The zero-order valence-corrected chi connectivity index (χ0v) is 21.7. The van der Waals surface area contributed by atoms with Crippen LogP contribution in [0.2, 0.25) is 0 Å². The molecule has 0 aliphatic rings. The number of hydrogen-bond donors (Lipinski definition) is 3. The van der Waals surface area contributed by atoms with Gasteiger partial charge in [-0.05, 0) is 69.5 Å². The fourth-order valence-electron chi connectivity index (χ4n) is 3.26. The fraction of sp³-hybridized carbons (Fsp3) is 0.444. The Morgan fingerprint density at radius 1 is 0.889 bits per heavy atom. The van der Waals surface area contributed by atoms with Crippen LogP contribution in [0.4, 0.5) is 10.5 Å².